The van der Waals surface area contributed by atoms with Crippen LogP contribution >= 0.6 is 0 Å². The first-order valence-electron chi connectivity index (χ1n) is 2.30. The first-order chi connectivity index (χ1) is 3.98. The molecular weight excluding hydrogens is 169 g/mol. The van der Waals surface area contributed by atoms with Gasteiger partial charge in [-0.1, -0.05) is 0 Å². The van der Waals surface area contributed by atoms with Crippen LogP contribution in [0.1, 0.15) is 13.8 Å². The third-order valence-corrected chi connectivity index (χ3v) is 1.26. The normalized spacial score (nSPS) is 11.2. The Morgan fingerprint density at radius 1 is 1.50 bits per heavy atom. The molecule has 0 aromatic heterocycles. The van der Waals surface area contributed by atoms with Gasteiger partial charge in [0.05, 0.1) is 6.10 Å². The minimum absolute atomic E-state index is 0. The molecule has 0 saturated carbocycles. The predicted octanol–water partition coefficient (Wildman–Crippen LogP) is -3.25. The molecule has 0 saturated heterocycles. The molecule has 0 heterocycles. The second-order valence-corrected chi connectivity index (χ2v) is 2.95. The minimum Gasteiger partial charge on any atom is -0.773 e. The van der Waals surface area contributed by atoms with Gasteiger partial charge in [0.25, 0.3) is 0 Å². The fourth-order valence-electron chi connectivity index (χ4n) is 0.273. The van der Waals surface area contributed by atoms with Gasteiger partial charge in [-0.05, 0) is 13.8 Å². The first kappa shape index (κ1) is 13.4. The van der Waals surface area contributed by atoms with Crippen molar-refractivity contribution in [2.45, 2.75) is 20.0 Å². The third-order valence-electron chi connectivity index (χ3n) is 0.421. The summed E-state index contributed by atoms with van der Waals surface area (Å²) in [6, 6.07) is 0. The molecule has 0 fully saturated rings. The minimum atomic E-state index is -4.02. The Kier molecular flexibility index (Phi) is 7.35. The molecule has 0 aromatic rings. The quantitative estimate of drug-likeness (QED) is 0.362. The van der Waals surface area contributed by atoms with E-state index in [4.69, 9.17) is 0 Å². The maximum absolute atomic E-state index is 10.2. The van der Waals surface area contributed by atoms with Crippen LogP contribution in [0.25, 0.3) is 0 Å². The van der Waals surface area contributed by atoms with E-state index in [1.165, 1.54) is 13.8 Å². The molecule has 7 heteroatoms. The second kappa shape index (κ2) is 5.48. The molecule has 10 heavy (non-hydrogen) atoms. The molecule has 1 N–H and O–H groups in total. The summed E-state index contributed by atoms with van der Waals surface area (Å²) >= 11 is 0. The van der Waals surface area contributed by atoms with Gasteiger partial charge in [0.1, 0.15) is 0 Å². The van der Waals surface area contributed by atoms with Crippen LogP contribution < -0.4 is 34.4 Å². The number of rotatable bonds is 3. The van der Waals surface area contributed by atoms with Gasteiger partial charge in [-0.15, -0.1) is 0 Å². The fraction of sp³-hybridized carbons (Fsp3) is 1.00. The van der Waals surface area contributed by atoms with Gasteiger partial charge in [0.2, 0.25) is 0 Å². The Morgan fingerprint density at radius 2 is 1.90 bits per heavy atom. The summed E-state index contributed by atoms with van der Waals surface area (Å²) in [7, 11) is -4.02. The Balaban J connectivity index is 0. The molecule has 0 aromatic carbocycles. The summed E-state index contributed by atoms with van der Waals surface area (Å²) in [6.45, 7) is 3.02. The van der Waals surface area contributed by atoms with E-state index in [2.05, 4.69) is 4.18 Å². The summed E-state index contributed by atoms with van der Waals surface area (Å²) in [5.41, 5.74) is 0. The molecule has 0 amide bonds. The Hall–Kier alpha value is 0.830. The molecular formula is C3H8NNaO4S. The molecule has 0 rings (SSSR count). The van der Waals surface area contributed by atoms with E-state index < -0.39 is 16.4 Å². The molecule has 0 spiro atoms. The molecule has 0 radical (unpaired) electrons. The van der Waals surface area contributed by atoms with Crippen molar-refractivity contribution in [3.05, 3.63) is 5.21 Å². The molecule has 0 atom stereocenters. The van der Waals surface area contributed by atoms with E-state index >= 15 is 0 Å². The van der Waals surface area contributed by atoms with Crippen molar-refractivity contribution < 1.29 is 42.2 Å². The van der Waals surface area contributed by atoms with Gasteiger partial charge < -0.3 is 5.21 Å². The van der Waals surface area contributed by atoms with E-state index in [1.54, 1.807) is 0 Å². The van der Waals surface area contributed by atoms with Gasteiger partial charge in [0.15, 0.2) is 0 Å². The van der Waals surface area contributed by atoms with Crippen LogP contribution in [0.3, 0.4) is 0 Å². The third kappa shape index (κ3) is 6.94. The predicted molar refractivity (Wildman–Crippen MR) is 31.6 cm³/mol. The standard InChI is InChI=1S/C3H8NO4S.Na/c1-3(2)8-9(6,7)4-5;/h3-4H,1-2H3;/q-1;+1. The zero-order chi connectivity index (χ0) is 7.49. The molecule has 0 aliphatic carbocycles. The zero-order valence-corrected chi connectivity index (χ0v) is 8.94. The van der Waals surface area contributed by atoms with Crippen molar-refractivity contribution in [3.8, 4) is 0 Å². The number of nitrogens with one attached hydrogen (secondary N) is 1. The summed E-state index contributed by atoms with van der Waals surface area (Å²) in [4.78, 5) is 0.773. The maximum atomic E-state index is 10.2. The van der Waals surface area contributed by atoms with E-state index in [0.717, 1.165) is 4.89 Å². The second-order valence-electron chi connectivity index (χ2n) is 1.68. The molecule has 5 nitrogen and oxygen atoms in total. The van der Waals surface area contributed by atoms with Crippen LogP contribution in [-0.2, 0) is 14.5 Å². The topological polar surface area (TPSA) is 78.5 Å². The smallest absolute Gasteiger partial charge is 0.773 e. The SMILES string of the molecule is CC(C)OS(=O)(=O)N[O-].[Na+]. The molecule has 56 valence electrons. The van der Waals surface area contributed by atoms with E-state index in [9.17, 15) is 13.6 Å². The summed E-state index contributed by atoms with van der Waals surface area (Å²) in [6.07, 6.45) is -0.503. The van der Waals surface area contributed by atoms with Crippen LogP contribution in [0.2, 0.25) is 0 Å². The summed E-state index contributed by atoms with van der Waals surface area (Å²) in [5, 5.41) is 9.52. The van der Waals surface area contributed by atoms with Crippen molar-refractivity contribution in [3.63, 3.8) is 0 Å². The summed E-state index contributed by atoms with van der Waals surface area (Å²) < 4.78 is 24.5. The average molecular weight is 177 g/mol. The van der Waals surface area contributed by atoms with Crippen LogP contribution in [-0.4, -0.2) is 14.5 Å². The van der Waals surface area contributed by atoms with Crippen molar-refractivity contribution in [2.24, 2.45) is 0 Å². The van der Waals surface area contributed by atoms with Crippen molar-refractivity contribution in [1.82, 2.24) is 4.89 Å². The van der Waals surface area contributed by atoms with Crippen LogP contribution in [0.15, 0.2) is 0 Å². The first-order valence-corrected chi connectivity index (χ1v) is 3.71. The van der Waals surface area contributed by atoms with Gasteiger partial charge in [-0.3, -0.25) is 9.07 Å². The molecule has 0 bridgehead atoms. The zero-order valence-electron chi connectivity index (χ0n) is 6.12. The molecule has 0 unspecified atom stereocenters. The summed E-state index contributed by atoms with van der Waals surface area (Å²) in [5.74, 6) is 0. The fourth-order valence-corrected chi connectivity index (χ4v) is 0.819. The van der Waals surface area contributed by atoms with Gasteiger partial charge >= 0.3 is 39.9 Å². The molecule has 0 aliphatic rings. The van der Waals surface area contributed by atoms with E-state index in [1.807, 2.05) is 0 Å². The largest absolute Gasteiger partial charge is 1.00 e. The number of hydrogen-bond donors (Lipinski definition) is 1. The Morgan fingerprint density at radius 3 is 2.00 bits per heavy atom. The van der Waals surface area contributed by atoms with Gasteiger partial charge in [-0.25, -0.2) is 0 Å². The molecule has 0 aliphatic heterocycles. The van der Waals surface area contributed by atoms with Crippen molar-refractivity contribution in [1.29, 1.82) is 0 Å². The average Bonchev–Trinajstić information content (AvgIpc) is 1.63. The van der Waals surface area contributed by atoms with E-state index in [-0.39, 0.29) is 29.6 Å². The van der Waals surface area contributed by atoms with Crippen molar-refractivity contribution in [2.75, 3.05) is 0 Å². The van der Waals surface area contributed by atoms with Crippen molar-refractivity contribution >= 4 is 10.3 Å². The van der Waals surface area contributed by atoms with E-state index in [0.29, 0.717) is 0 Å². The van der Waals surface area contributed by atoms with Gasteiger partial charge in [0, 0.05) is 0 Å². The Bertz CT molecular complexity index is 165. The maximum Gasteiger partial charge on any atom is 1.00 e. The van der Waals surface area contributed by atoms with Crippen LogP contribution in [0.4, 0.5) is 0 Å². The van der Waals surface area contributed by atoms with Crippen LogP contribution in [0, 0.1) is 5.21 Å². The Labute approximate surface area is 82.3 Å². The monoisotopic (exact) mass is 177 g/mol. The van der Waals surface area contributed by atoms with Crippen LogP contribution in [0.5, 0.6) is 0 Å². The van der Waals surface area contributed by atoms with Gasteiger partial charge in [-0.2, -0.15) is 8.42 Å². The number of hydrogen-bond acceptors (Lipinski definition) is 4.